The molecule has 0 unspecified atom stereocenters. The number of benzene rings is 1. The van der Waals surface area contributed by atoms with Crippen molar-refractivity contribution in [2.45, 2.75) is 45.6 Å². The van der Waals surface area contributed by atoms with Gasteiger partial charge in [-0.2, -0.15) is 5.26 Å². The van der Waals surface area contributed by atoms with Crippen molar-refractivity contribution in [3.8, 4) is 23.2 Å². The maximum atomic E-state index is 13.0. The summed E-state index contributed by atoms with van der Waals surface area (Å²) in [6.45, 7) is 9.08. The zero-order valence-corrected chi connectivity index (χ0v) is 21.8. The van der Waals surface area contributed by atoms with Gasteiger partial charge in [0.05, 0.1) is 30.7 Å². The van der Waals surface area contributed by atoms with E-state index >= 15 is 0 Å². The number of hydrogen-bond acceptors (Lipinski definition) is 9. The van der Waals surface area contributed by atoms with Crippen molar-refractivity contribution in [3.63, 3.8) is 0 Å². The highest BCUT2D eigenvalue weighted by Crippen LogP contribution is 2.45. The third-order valence-corrected chi connectivity index (χ3v) is 6.00. The molecule has 1 aromatic carbocycles. The summed E-state index contributed by atoms with van der Waals surface area (Å²) >= 11 is 0. The molecule has 10 nitrogen and oxygen atoms in total. The monoisotopic (exact) mass is 502 g/mol. The zero-order valence-electron chi connectivity index (χ0n) is 21.8. The number of nitriles is 1. The zero-order chi connectivity index (χ0) is 27.0. The van der Waals surface area contributed by atoms with Gasteiger partial charge < -0.3 is 19.9 Å². The fraction of sp³-hybridized carbons (Fsp3) is 0.370. The number of amides is 1. The Morgan fingerprint density at radius 3 is 2.70 bits per heavy atom. The van der Waals surface area contributed by atoms with Gasteiger partial charge in [-0.3, -0.25) is 4.90 Å². The normalized spacial score (nSPS) is 16.6. The first kappa shape index (κ1) is 25.9. The molecular weight excluding hydrogens is 472 g/mol. The maximum absolute atomic E-state index is 13.0. The van der Waals surface area contributed by atoms with Gasteiger partial charge in [0.15, 0.2) is 0 Å². The van der Waals surface area contributed by atoms with Crippen molar-refractivity contribution in [3.05, 3.63) is 53.3 Å². The SMILES string of the molecule is COc1ncc(C)cc1Nc1nccc(-c2cc(C#N)c3c(c2)[C@@](C)(CO)CN3C(=O)OC(C)(C)C)n1. The van der Waals surface area contributed by atoms with Crippen LogP contribution in [-0.4, -0.2) is 52.0 Å². The van der Waals surface area contributed by atoms with E-state index < -0.39 is 17.1 Å². The number of aliphatic hydroxyl groups is 1. The second-order valence-electron chi connectivity index (χ2n) is 10.3. The molecular formula is C27H30N6O4. The summed E-state index contributed by atoms with van der Waals surface area (Å²) in [6.07, 6.45) is 2.75. The lowest BCUT2D eigenvalue weighted by atomic mass is 9.83. The van der Waals surface area contributed by atoms with Crippen molar-refractivity contribution >= 4 is 23.4 Å². The van der Waals surface area contributed by atoms with E-state index in [1.165, 1.54) is 12.0 Å². The number of carbonyl (C=O) groups is 1. The summed E-state index contributed by atoms with van der Waals surface area (Å²) < 4.78 is 10.9. The number of aliphatic hydroxyl groups excluding tert-OH is 1. The molecule has 1 aliphatic heterocycles. The predicted octanol–water partition coefficient (Wildman–Crippen LogP) is 4.48. The van der Waals surface area contributed by atoms with E-state index in [9.17, 15) is 15.2 Å². The Morgan fingerprint density at radius 2 is 2.05 bits per heavy atom. The molecule has 192 valence electrons. The van der Waals surface area contributed by atoms with Crippen LogP contribution < -0.4 is 15.0 Å². The fourth-order valence-electron chi connectivity index (χ4n) is 4.25. The fourth-order valence-corrected chi connectivity index (χ4v) is 4.25. The molecule has 3 aromatic rings. The molecule has 0 aliphatic carbocycles. The van der Waals surface area contributed by atoms with Crippen LogP contribution in [0.5, 0.6) is 5.88 Å². The number of ether oxygens (including phenoxy) is 2. The minimum atomic E-state index is -0.789. The summed E-state index contributed by atoms with van der Waals surface area (Å²) in [6, 6.07) is 9.36. The maximum Gasteiger partial charge on any atom is 0.414 e. The Bertz CT molecular complexity index is 1390. The van der Waals surface area contributed by atoms with E-state index in [0.29, 0.717) is 40.0 Å². The smallest absolute Gasteiger partial charge is 0.414 e. The largest absolute Gasteiger partial charge is 0.480 e. The average Bonchev–Trinajstić information content (AvgIpc) is 3.16. The molecule has 1 amide bonds. The van der Waals surface area contributed by atoms with Crippen molar-refractivity contribution in [2.75, 3.05) is 30.5 Å². The first-order valence-corrected chi connectivity index (χ1v) is 11.8. The van der Waals surface area contributed by atoms with Crippen LogP contribution >= 0.6 is 0 Å². The minimum absolute atomic E-state index is 0.183. The minimum Gasteiger partial charge on any atom is -0.480 e. The molecule has 0 saturated carbocycles. The topological polar surface area (TPSA) is 133 Å². The third kappa shape index (κ3) is 5.17. The lowest BCUT2D eigenvalue weighted by Gasteiger charge is -2.26. The summed E-state index contributed by atoms with van der Waals surface area (Å²) in [5, 5.41) is 23.5. The molecule has 0 saturated heterocycles. The van der Waals surface area contributed by atoms with E-state index in [2.05, 4.69) is 26.3 Å². The van der Waals surface area contributed by atoms with Crippen LogP contribution in [0.25, 0.3) is 11.3 Å². The Hall–Kier alpha value is -4.23. The van der Waals surface area contributed by atoms with Crippen molar-refractivity contribution in [1.82, 2.24) is 15.0 Å². The third-order valence-electron chi connectivity index (χ3n) is 6.00. The molecule has 37 heavy (non-hydrogen) atoms. The first-order chi connectivity index (χ1) is 17.5. The lowest BCUT2D eigenvalue weighted by Crippen LogP contribution is -2.40. The van der Waals surface area contributed by atoms with Gasteiger partial charge in [-0.05, 0) is 63.1 Å². The molecule has 0 spiro atoms. The number of nitrogens with one attached hydrogen (secondary N) is 1. The number of rotatable bonds is 5. The van der Waals surface area contributed by atoms with Gasteiger partial charge in [-0.1, -0.05) is 6.92 Å². The number of aromatic nitrogens is 3. The number of hydrogen-bond donors (Lipinski definition) is 2. The van der Waals surface area contributed by atoms with Crippen LogP contribution in [0.1, 0.15) is 44.4 Å². The molecule has 2 aromatic heterocycles. The number of aryl methyl sites for hydroxylation is 1. The second-order valence-corrected chi connectivity index (χ2v) is 10.3. The van der Waals surface area contributed by atoms with Crippen molar-refractivity contribution in [2.24, 2.45) is 0 Å². The van der Waals surface area contributed by atoms with Gasteiger partial charge >= 0.3 is 6.09 Å². The Kier molecular flexibility index (Phi) is 6.76. The van der Waals surface area contributed by atoms with Gasteiger partial charge in [0, 0.05) is 29.9 Å². The summed E-state index contributed by atoms with van der Waals surface area (Å²) in [5.41, 5.74) is 2.68. The summed E-state index contributed by atoms with van der Waals surface area (Å²) in [7, 11) is 1.53. The lowest BCUT2D eigenvalue weighted by molar-refractivity contribution is 0.0575. The average molecular weight is 503 g/mol. The van der Waals surface area contributed by atoms with E-state index in [1.807, 2.05) is 26.0 Å². The number of methoxy groups -OCH3 is 1. The standard InChI is InChI=1S/C27H30N6O4/c1-16-9-21(23(36-6)30-13-16)32-24-29-8-7-20(31-24)17-10-18(12-28)22-19(11-17)27(5,15-34)14-33(22)25(35)37-26(2,3)4/h7-11,13,34H,14-15H2,1-6H3,(H,29,31,32)/t27-/m1/s1. The highest BCUT2D eigenvalue weighted by atomic mass is 16.6. The summed E-state index contributed by atoms with van der Waals surface area (Å²) in [5.74, 6) is 0.729. The molecule has 0 radical (unpaired) electrons. The van der Waals surface area contributed by atoms with Crippen LogP contribution in [0.4, 0.5) is 22.1 Å². The van der Waals surface area contributed by atoms with Crippen LogP contribution in [0, 0.1) is 18.3 Å². The quantitative estimate of drug-likeness (QED) is 0.518. The van der Waals surface area contributed by atoms with E-state index in [1.54, 1.807) is 45.3 Å². The van der Waals surface area contributed by atoms with Gasteiger partial charge in [0.1, 0.15) is 17.4 Å². The molecule has 4 rings (SSSR count). The van der Waals surface area contributed by atoms with Gasteiger partial charge in [-0.15, -0.1) is 0 Å². The summed E-state index contributed by atoms with van der Waals surface area (Å²) in [4.78, 5) is 27.7. The molecule has 0 bridgehead atoms. The van der Waals surface area contributed by atoms with Crippen LogP contribution in [0.15, 0.2) is 36.7 Å². The molecule has 2 N–H and O–H groups in total. The first-order valence-electron chi connectivity index (χ1n) is 11.8. The van der Waals surface area contributed by atoms with E-state index in [0.717, 1.165) is 5.56 Å². The van der Waals surface area contributed by atoms with Crippen LogP contribution in [0.3, 0.4) is 0 Å². The van der Waals surface area contributed by atoms with Gasteiger partial charge in [-0.25, -0.2) is 19.7 Å². The molecule has 0 fully saturated rings. The number of fused-ring (bicyclic) bond motifs is 1. The molecule has 10 heteroatoms. The molecule has 1 atom stereocenters. The molecule has 1 aliphatic rings. The Morgan fingerprint density at radius 1 is 1.30 bits per heavy atom. The van der Waals surface area contributed by atoms with E-state index in [-0.39, 0.29) is 18.7 Å². The van der Waals surface area contributed by atoms with Crippen LogP contribution in [0.2, 0.25) is 0 Å². The van der Waals surface area contributed by atoms with E-state index in [4.69, 9.17) is 9.47 Å². The Balaban J connectivity index is 1.77. The number of nitrogens with zero attached hydrogens (tertiary/aromatic N) is 5. The predicted molar refractivity (Wildman–Crippen MR) is 139 cm³/mol. The second kappa shape index (κ2) is 9.67. The highest BCUT2D eigenvalue weighted by molar-refractivity contribution is 5.95. The number of carbonyl (C=O) groups excluding carboxylic acids is 1. The van der Waals surface area contributed by atoms with Crippen molar-refractivity contribution in [1.29, 1.82) is 5.26 Å². The molecule has 3 heterocycles. The van der Waals surface area contributed by atoms with Gasteiger partial charge in [0.2, 0.25) is 11.8 Å². The highest BCUT2D eigenvalue weighted by Gasteiger charge is 2.44. The van der Waals surface area contributed by atoms with Crippen molar-refractivity contribution < 1.29 is 19.4 Å². The van der Waals surface area contributed by atoms with Gasteiger partial charge in [0.25, 0.3) is 0 Å². The van der Waals surface area contributed by atoms with Crippen LogP contribution in [-0.2, 0) is 10.2 Å². The number of anilines is 3. The Labute approximate surface area is 215 Å². The number of pyridine rings is 1.